The average molecular weight is 493 g/mol. The van der Waals surface area contributed by atoms with Gasteiger partial charge in [-0.3, -0.25) is 15.1 Å². The first-order valence-corrected chi connectivity index (χ1v) is 14.2. The lowest BCUT2D eigenvalue weighted by Gasteiger charge is -2.35. The minimum absolute atomic E-state index is 0.0197. The molecule has 1 aromatic carbocycles. The summed E-state index contributed by atoms with van der Waals surface area (Å²) in [4.78, 5) is 16.8. The van der Waals surface area contributed by atoms with Crippen molar-refractivity contribution < 1.29 is 13.2 Å². The van der Waals surface area contributed by atoms with Crippen LogP contribution in [0.15, 0.2) is 17.0 Å². The summed E-state index contributed by atoms with van der Waals surface area (Å²) in [5.74, 6) is 0.785. The van der Waals surface area contributed by atoms with Crippen molar-refractivity contribution >= 4 is 21.6 Å². The fourth-order valence-corrected chi connectivity index (χ4v) is 6.61. The second-order valence-corrected chi connectivity index (χ2v) is 12.4. The van der Waals surface area contributed by atoms with Crippen molar-refractivity contribution in [2.24, 2.45) is 5.73 Å². The Kier molecular flexibility index (Phi) is 10.1. The highest BCUT2D eigenvalue weighted by atomic mass is 32.2. The third-order valence-electron chi connectivity index (χ3n) is 6.55. The molecule has 0 unspecified atom stereocenters. The fourth-order valence-electron chi connectivity index (χ4n) is 4.43. The van der Waals surface area contributed by atoms with Gasteiger partial charge in [0.05, 0.1) is 10.7 Å². The van der Waals surface area contributed by atoms with E-state index in [1.807, 2.05) is 9.80 Å². The highest BCUT2D eigenvalue weighted by molar-refractivity contribution is 7.91. The van der Waals surface area contributed by atoms with Gasteiger partial charge in [0, 0.05) is 39.0 Å². The molecule has 0 atom stereocenters. The Morgan fingerprint density at radius 1 is 0.912 bits per heavy atom. The molecule has 0 spiro atoms. The molecule has 0 bridgehead atoms. The van der Waals surface area contributed by atoms with Crippen LogP contribution >= 0.6 is 0 Å². The lowest BCUT2D eigenvalue weighted by atomic mass is 9.89. The number of sulfone groups is 1. The van der Waals surface area contributed by atoms with E-state index < -0.39 is 9.84 Å². The van der Waals surface area contributed by atoms with Crippen LogP contribution in [0, 0.1) is 5.41 Å². The smallest absolute Gasteiger partial charge is 0.222 e. The molecule has 1 aliphatic heterocycles. The number of amides is 1. The third kappa shape index (κ3) is 7.54. The molecule has 0 aromatic heterocycles. The van der Waals surface area contributed by atoms with Gasteiger partial charge in [-0.1, -0.05) is 53.7 Å². The summed E-state index contributed by atoms with van der Waals surface area (Å²) in [5.41, 5.74) is 8.37. The van der Waals surface area contributed by atoms with Crippen LogP contribution in [0.2, 0.25) is 0 Å². The minimum Gasteiger partial charge on any atom is -0.388 e. The van der Waals surface area contributed by atoms with E-state index in [0.717, 1.165) is 24.0 Å². The molecule has 7 nitrogen and oxygen atoms in total. The monoisotopic (exact) mass is 492 g/mol. The molecule has 3 N–H and O–H groups in total. The maximum atomic E-state index is 13.7. The Balaban J connectivity index is 2.13. The maximum absolute atomic E-state index is 13.7. The number of nitrogens with zero attached hydrogens (tertiary/aromatic N) is 2. The van der Waals surface area contributed by atoms with Crippen LogP contribution in [0.4, 0.5) is 0 Å². The summed E-state index contributed by atoms with van der Waals surface area (Å²) >= 11 is 0. The van der Waals surface area contributed by atoms with Gasteiger partial charge in [-0.2, -0.15) is 0 Å². The summed E-state index contributed by atoms with van der Waals surface area (Å²) in [7, 11) is -3.53. The Bertz CT molecular complexity index is 933. The second kappa shape index (κ2) is 12.2. The first-order valence-electron chi connectivity index (χ1n) is 12.6. The Labute approximate surface area is 206 Å². The minimum atomic E-state index is -3.53. The first kappa shape index (κ1) is 28.3. The van der Waals surface area contributed by atoms with Gasteiger partial charge < -0.3 is 10.6 Å². The number of hydrogen-bond acceptors (Lipinski definition) is 5. The van der Waals surface area contributed by atoms with Gasteiger partial charge in [-0.25, -0.2) is 8.42 Å². The zero-order chi connectivity index (χ0) is 25.6. The van der Waals surface area contributed by atoms with E-state index in [0.29, 0.717) is 49.8 Å². The molecule has 1 aliphatic rings. The largest absolute Gasteiger partial charge is 0.388 e. The van der Waals surface area contributed by atoms with Crippen molar-refractivity contribution in [2.75, 3.05) is 32.1 Å². The number of hydrogen-bond donors (Lipinski definition) is 2. The summed E-state index contributed by atoms with van der Waals surface area (Å²) in [6.07, 6.45) is 2.43. The van der Waals surface area contributed by atoms with Crippen LogP contribution in [0.1, 0.15) is 102 Å². The lowest BCUT2D eigenvalue weighted by Crippen LogP contribution is -2.49. The van der Waals surface area contributed by atoms with Crippen LogP contribution in [-0.2, 0) is 14.6 Å². The predicted molar refractivity (Wildman–Crippen MR) is 139 cm³/mol. The summed E-state index contributed by atoms with van der Waals surface area (Å²) < 4.78 is 27.5. The van der Waals surface area contributed by atoms with E-state index in [1.54, 1.807) is 0 Å². The lowest BCUT2D eigenvalue weighted by molar-refractivity contribution is -0.132. The molecule has 1 heterocycles. The van der Waals surface area contributed by atoms with E-state index in [-0.39, 0.29) is 29.5 Å². The van der Waals surface area contributed by atoms with Gasteiger partial charge >= 0.3 is 0 Å². The van der Waals surface area contributed by atoms with Gasteiger partial charge in [-0.05, 0) is 47.3 Å². The molecule has 8 heteroatoms. The maximum Gasteiger partial charge on any atom is 0.222 e. The van der Waals surface area contributed by atoms with Gasteiger partial charge in [0.15, 0.2) is 9.84 Å². The number of piperazine rings is 1. The van der Waals surface area contributed by atoms with Crippen LogP contribution < -0.4 is 5.73 Å². The van der Waals surface area contributed by atoms with Crippen molar-refractivity contribution in [3.8, 4) is 0 Å². The molecule has 34 heavy (non-hydrogen) atoms. The number of nitrogens with one attached hydrogen (secondary N) is 1. The van der Waals surface area contributed by atoms with Crippen LogP contribution in [0.25, 0.3) is 0 Å². The molecule has 0 radical (unpaired) electrons. The highest BCUT2D eigenvalue weighted by Crippen LogP contribution is 2.36. The Morgan fingerprint density at radius 2 is 1.41 bits per heavy atom. The SMILES string of the molecule is CC(C)c1cc(C(C)C)c(S(=O)(=O)CN2CCN(C(=O)CCCCC(=N)N)CC2)c(C(C)C)c1. The molecule has 0 saturated carbocycles. The second-order valence-electron chi connectivity index (χ2n) is 10.5. The van der Waals surface area contributed by atoms with Crippen molar-refractivity contribution in [2.45, 2.75) is 89.9 Å². The summed E-state index contributed by atoms with van der Waals surface area (Å²) in [6, 6.07) is 4.16. The standard InChI is InChI=1S/C26H44N4O3S/c1-18(2)21-15-22(19(3)4)26(23(16-21)20(5)6)34(32,33)17-29-11-13-30(14-12-29)25(31)10-8-7-9-24(27)28/h15-16,18-20H,7-14,17H2,1-6H3,(H3,27,28). The summed E-state index contributed by atoms with van der Waals surface area (Å²) in [6.45, 7) is 14.7. The average Bonchev–Trinajstić information content (AvgIpc) is 2.75. The molecule has 192 valence electrons. The van der Waals surface area contributed by atoms with E-state index in [2.05, 4.69) is 53.7 Å². The van der Waals surface area contributed by atoms with E-state index in [4.69, 9.17) is 11.1 Å². The Morgan fingerprint density at radius 3 is 1.85 bits per heavy atom. The zero-order valence-corrected chi connectivity index (χ0v) is 22.7. The number of unbranched alkanes of at least 4 members (excludes halogenated alkanes) is 1. The van der Waals surface area contributed by atoms with Crippen LogP contribution in [-0.4, -0.2) is 62.0 Å². The van der Waals surface area contributed by atoms with Gasteiger partial charge in [0.1, 0.15) is 5.88 Å². The molecule has 1 amide bonds. The molecule has 2 rings (SSSR count). The number of benzene rings is 1. The van der Waals surface area contributed by atoms with Gasteiger partial charge in [0.25, 0.3) is 0 Å². The molecule has 0 aliphatic carbocycles. The first-order chi connectivity index (χ1) is 15.8. The Hall–Kier alpha value is -1.93. The highest BCUT2D eigenvalue weighted by Gasteiger charge is 2.30. The molecular weight excluding hydrogens is 448 g/mol. The zero-order valence-electron chi connectivity index (χ0n) is 21.9. The van der Waals surface area contributed by atoms with E-state index >= 15 is 0 Å². The van der Waals surface area contributed by atoms with E-state index in [9.17, 15) is 13.2 Å². The summed E-state index contributed by atoms with van der Waals surface area (Å²) in [5, 5.41) is 7.26. The van der Waals surface area contributed by atoms with Gasteiger partial charge in [-0.15, -0.1) is 0 Å². The third-order valence-corrected chi connectivity index (χ3v) is 8.35. The molecule has 1 saturated heterocycles. The molecular formula is C26H44N4O3S. The van der Waals surface area contributed by atoms with Crippen LogP contribution in [0.5, 0.6) is 0 Å². The van der Waals surface area contributed by atoms with Gasteiger partial charge in [0.2, 0.25) is 5.91 Å². The number of carbonyl (C=O) groups is 1. The number of rotatable bonds is 11. The molecule has 1 fully saturated rings. The fraction of sp³-hybridized carbons (Fsp3) is 0.692. The normalized spacial score (nSPS) is 15.5. The van der Waals surface area contributed by atoms with Crippen molar-refractivity contribution in [3.05, 3.63) is 28.8 Å². The molecule has 1 aromatic rings. The predicted octanol–water partition coefficient (Wildman–Crippen LogP) is 4.43. The quantitative estimate of drug-likeness (QED) is 0.270. The van der Waals surface area contributed by atoms with E-state index in [1.165, 1.54) is 5.56 Å². The van der Waals surface area contributed by atoms with Crippen molar-refractivity contribution in [1.29, 1.82) is 5.41 Å². The van der Waals surface area contributed by atoms with Crippen molar-refractivity contribution in [3.63, 3.8) is 0 Å². The number of carbonyl (C=O) groups excluding carboxylic acids is 1. The number of nitrogens with two attached hydrogens (primary N) is 1. The topological polar surface area (TPSA) is 108 Å². The number of amidine groups is 1. The van der Waals surface area contributed by atoms with Crippen molar-refractivity contribution in [1.82, 2.24) is 9.80 Å². The van der Waals surface area contributed by atoms with Crippen LogP contribution in [0.3, 0.4) is 0 Å².